The third-order valence-electron chi connectivity index (χ3n) is 2.41. The summed E-state index contributed by atoms with van der Waals surface area (Å²) in [7, 11) is 0. The molecule has 1 heterocycles. The zero-order valence-electron chi connectivity index (χ0n) is 8.24. The molecule has 15 heavy (non-hydrogen) atoms. The minimum atomic E-state index is -0.555. The van der Waals surface area contributed by atoms with Gasteiger partial charge in [0.05, 0.1) is 0 Å². The molecule has 84 valence electrons. The normalized spacial score (nSPS) is 15.9. The van der Waals surface area contributed by atoms with Gasteiger partial charge >= 0.3 is 0 Å². The Morgan fingerprint density at radius 1 is 1.27 bits per heavy atom. The number of phenols is 1. The van der Waals surface area contributed by atoms with E-state index in [4.69, 9.17) is 5.11 Å². The van der Waals surface area contributed by atoms with Crippen molar-refractivity contribution >= 4 is 18.1 Å². The summed E-state index contributed by atoms with van der Waals surface area (Å²) in [4.78, 5) is 2.10. The van der Waals surface area contributed by atoms with Crippen LogP contribution >= 0.6 is 12.4 Å². The average Bonchev–Trinajstić information content (AvgIpc) is 2.23. The summed E-state index contributed by atoms with van der Waals surface area (Å²) < 4.78 is 13.0. The third kappa shape index (κ3) is 2.73. The monoisotopic (exact) mass is 232 g/mol. The summed E-state index contributed by atoms with van der Waals surface area (Å²) >= 11 is 0. The molecule has 0 atom stereocenters. The fourth-order valence-corrected chi connectivity index (χ4v) is 1.62. The molecule has 0 aliphatic carbocycles. The Morgan fingerprint density at radius 3 is 2.53 bits per heavy atom. The second-order valence-electron chi connectivity index (χ2n) is 3.37. The summed E-state index contributed by atoms with van der Waals surface area (Å²) in [5.41, 5.74) is 0.835. The van der Waals surface area contributed by atoms with Crippen LogP contribution in [0, 0.1) is 5.82 Å². The van der Waals surface area contributed by atoms with Gasteiger partial charge in [-0.1, -0.05) is 0 Å². The van der Waals surface area contributed by atoms with Gasteiger partial charge in [0.15, 0.2) is 11.6 Å². The molecule has 2 N–H and O–H groups in total. The topological polar surface area (TPSA) is 35.5 Å². The van der Waals surface area contributed by atoms with Crippen LogP contribution in [0.15, 0.2) is 18.2 Å². The third-order valence-corrected chi connectivity index (χ3v) is 2.41. The molecule has 0 saturated carbocycles. The number of benzene rings is 1. The molecule has 0 amide bonds. The van der Waals surface area contributed by atoms with Gasteiger partial charge in [-0.25, -0.2) is 4.39 Å². The van der Waals surface area contributed by atoms with E-state index in [1.165, 1.54) is 12.1 Å². The fourth-order valence-electron chi connectivity index (χ4n) is 1.62. The van der Waals surface area contributed by atoms with Gasteiger partial charge in [-0.2, -0.15) is 0 Å². The molecular weight excluding hydrogens is 219 g/mol. The molecule has 1 aromatic rings. The zero-order valence-corrected chi connectivity index (χ0v) is 9.06. The molecule has 1 aliphatic rings. The van der Waals surface area contributed by atoms with E-state index >= 15 is 0 Å². The van der Waals surface area contributed by atoms with Gasteiger partial charge in [0, 0.05) is 37.9 Å². The molecule has 5 heteroatoms. The van der Waals surface area contributed by atoms with Gasteiger partial charge in [-0.05, 0) is 12.1 Å². The SMILES string of the molecule is Cl.Oc1ccc(N2CCNCC2)cc1F. The van der Waals surface area contributed by atoms with Crippen LogP contribution < -0.4 is 10.2 Å². The summed E-state index contributed by atoms with van der Waals surface area (Å²) in [5.74, 6) is -0.843. The number of nitrogens with zero attached hydrogens (tertiary/aromatic N) is 1. The van der Waals surface area contributed by atoms with Gasteiger partial charge < -0.3 is 15.3 Å². The number of piperazine rings is 1. The Balaban J connectivity index is 0.00000112. The van der Waals surface area contributed by atoms with Gasteiger partial charge in [0.1, 0.15) is 0 Å². The lowest BCUT2D eigenvalue weighted by Gasteiger charge is -2.29. The molecule has 0 aromatic heterocycles. The van der Waals surface area contributed by atoms with E-state index in [2.05, 4.69) is 10.2 Å². The molecular formula is C10H14ClFN2O. The minimum Gasteiger partial charge on any atom is -0.505 e. The van der Waals surface area contributed by atoms with Crippen molar-refractivity contribution in [3.8, 4) is 5.75 Å². The molecule has 1 saturated heterocycles. The second kappa shape index (κ2) is 5.19. The van der Waals surface area contributed by atoms with E-state index in [0.29, 0.717) is 0 Å². The van der Waals surface area contributed by atoms with Gasteiger partial charge in [-0.3, -0.25) is 0 Å². The van der Waals surface area contributed by atoms with Crippen molar-refractivity contribution in [2.24, 2.45) is 0 Å². The summed E-state index contributed by atoms with van der Waals surface area (Å²) in [6, 6.07) is 4.51. The smallest absolute Gasteiger partial charge is 0.166 e. The van der Waals surface area contributed by atoms with E-state index in [9.17, 15) is 4.39 Å². The number of anilines is 1. The number of phenolic OH excluding ortho intramolecular Hbond substituents is 1. The lowest BCUT2D eigenvalue weighted by Crippen LogP contribution is -2.43. The molecule has 1 aromatic carbocycles. The molecule has 0 bridgehead atoms. The Hall–Kier alpha value is -1.00. The Bertz CT molecular complexity index is 329. The van der Waals surface area contributed by atoms with Crippen molar-refractivity contribution in [3.63, 3.8) is 0 Å². The number of rotatable bonds is 1. The van der Waals surface area contributed by atoms with Crippen LogP contribution in [0.5, 0.6) is 5.75 Å². The van der Waals surface area contributed by atoms with Crippen LogP contribution in [0.2, 0.25) is 0 Å². The number of nitrogens with one attached hydrogen (secondary N) is 1. The van der Waals surface area contributed by atoms with Crippen LogP contribution in [0.4, 0.5) is 10.1 Å². The highest BCUT2D eigenvalue weighted by Gasteiger charge is 2.11. The van der Waals surface area contributed by atoms with Crippen molar-refractivity contribution in [1.29, 1.82) is 0 Å². The average molecular weight is 233 g/mol. The predicted molar refractivity (Wildman–Crippen MR) is 60.4 cm³/mol. The Kier molecular flexibility index (Phi) is 4.17. The van der Waals surface area contributed by atoms with Crippen LogP contribution in [0.1, 0.15) is 0 Å². The van der Waals surface area contributed by atoms with Crippen LogP contribution in [-0.2, 0) is 0 Å². The number of halogens is 2. The Labute approximate surface area is 94.3 Å². The maximum Gasteiger partial charge on any atom is 0.166 e. The quantitative estimate of drug-likeness (QED) is 0.768. The maximum absolute atomic E-state index is 13.0. The number of aromatic hydroxyl groups is 1. The van der Waals surface area contributed by atoms with Crippen molar-refractivity contribution in [2.45, 2.75) is 0 Å². The molecule has 1 aliphatic heterocycles. The molecule has 3 nitrogen and oxygen atoms in total. The predicted octanol–water partition coefficient (Wildman–Crippen LogP) is 1.36. The zero-order chi connectivity index (χ0) is 9.97. The van der Waals surface area contributed by atoms with Crippen LogP contribution in [0.3, 0.4) is 0 Å². The van der Waals surface area contributed by atoms with E-state index in [-0.39, 0.29) is 18.2 Å². The maximum atomic E-state index is 13.0. The van der Waals surface area contributed by atoms with Crippen LogP contribution in [-0.4, -0.2) is 31.3 Å². The van der Waals surface area contributed by atoms with Crippen molar-refractivity contribution < 1.29 is 9.50 Å². The lowest BCUT2D eigenvalue weighted by atomic mass is 10.2. The van der Waals surface area contributed by atoms with E-state index in [1.807, 2.05) is 0 Å². The molecule has 0 radical (unpaired) electrons. The van der Waals surface area contributed by atoms with E-state index in [0.717, 1.165) is 31.9 Å². The van der Waals surface area contributed by atoms with Crippen molar-refractivity contribution in [1.82, 2.24) is 5.32 Å². The minimum absolute atomic E-state index is 0. The van der Waals surface area contributed by atoms with Crippen LogP contribution in [0.25, 0.3) is 0 Å². The number of hydrogen-bond donors (Lipinski definition) is 2. The summed E-state index contributed by atoms with van der Waals surface area (Å²) in [5, 5.41) is 12.3. The molecule has 1 fully saturated rings. The first-order valence-corrected chi connectivity index (χ1v) is 4.71. The molecule has 0 spiro atoms. The summed E-state index contributed by atoms with van der Waals surface area (Å²) in [6.07, 6.45) is 0. The van der Waals surface area contributed by atoms with Crippen molar-refractivity contribution in [3.05, 3.63) is 24.0 Å². The first kappa shape index (κ1) is 12.1. The van der Waals surface area contributed by atoms with Gasteiger partial charge in [-0.15, -0.1) is 12.4 Å². The summed E-state index contributed by atoms with van der Waals surface area (Å²) in [6.45, 7) is 3.60. The van der Waals surface area contributed by atoms with Crippen molar-refractivity contribution in [2.75, 3.05) is 31.1 Å². The van der Waals surface area contributed by atoms with Gasteiger partial charge in [0.25, 0.3) is 0 Å². The second-order valence-corrected chi connectivity index (χ2v) is 3.37. The fraction of sp³-hybridized carbons (Fsp3) is 0.400. The molecule has 0 unspecified atom stereocenters. The lowest BCUT2D eigenvalue weighted by molar-refractivity contribution is 0.432. The highest BCUT2D eigenvalue weighted by molar-refractivity contribution is 5.85. The van der Waals surface area contributed by atoms with Gasteiger partial charge in [0.2, 0.25) is 0 Å². The molecule has 2 rings (SSSR count). The number of hydrogen-bond acceptors (Lipinski definition) is 3. The highest BCUT2D eigenvalue weighted by atomic mass is 35.5. The highest BCUT2D eigenvalue weighted by Crippen LogP contribution is 2.22. The van der Waals surface area contributed by atoms with E-state index in [1.54, 1.807) is 6.07 Å². The first-order chi connectivity index (χ1) is 6.77. The van der Waals surface area contributed by atoms with E-state index < -0.39 is 5.82 Å². The first-order valence-electron chi connectivity index (χ1n) is 4.71. The standard InChI is InChI=1S/C10H13FN2O.ClH/c11-9-7-8(1-2-10(9)14)13-5-3-12-4-6-13;/h1-2,7,12,14H,3-6H2;1H. The largest absolute Gasteiger partial charge is 0.505 e. The Morgan fingerprint density at radius 2 is 1.93 bits per heavy atom.